The molecule has 2 aliphatic heterocycles. The molecular formula is C14H12N2O5S2. The Bertz CT molecular complexity index is 700. The molecule has 23 heavy (non-hydrogen) atoms. The minimum Gasteiger partial charge on any atom is -0.479 e. The third-order valence-electron chi connectivity index (χ3n) is 3.62. The maximum Gasteiger partial charge on any atom is 0.331 e. The molecule has 0 bridgehead atoms. The highest BCUT2D eigenvalue weighted by Crippen LogP contribution is 2.39. The summed E-state index contributed by atoms with van der Waals surface area (Å²) in [4.78, 5) is 48.5. The van der Waals surface area contributed by atoms with Gasteiger partial charge in [-0.05, 0) is 16.9 Å². The summed E-state index contributed by atoms with van der Waals surface area (Å²) >= 11 is 2.61. The van der Waals surface area contributed by atoms with Gasteiger partial charge >= 0.3 is 5.97 Å². The van der Waals surface area contributed by atoms with Crippen LogP contribution < -0.4 is 5.32 Å². The van der Waals surface area contributed by atoms with Crippen molar-refractivity contribution in [2.24, 2.45) is 0 Å². The summed E-state index contributed by atoms with van der Waals surface area (Å²) in [5.41, 5.74) is 0.0375. The summed E-state index contributed by atoms with van der Waals surface area (Å²) in [6.07, 6.45) is 0.620. The van der Waals surface area contributed by atoms with E-state index in [4.69, 9.17) is 0 Å². The maximum absolute atomic E-state index is 12.2. The Balaban J connectivity index is 1.69. The van der Waals surface area contributed by atoms with Crippen molar-refractivity contribution >= 4 is 47.2 Å². The summed E-state index contributed by atoms with van der Waals surface area (Å²) < 4.78 is 0. The van der Waals surface area contributed by atoms with Crippen molar-refractivity contribution in [2.45, 2.75) is 23.9 Å². The van der Waals surface area contributed by atoms with Crippen LogP contribution in [0.2, 0.25) is 0 Å². The zero-order valence-electron chi connectivity index (χ0n) is 11.7. The van der Waals surface area contributed by atoms with Crippen LogP contribution in [0.4, 0.5) is 0 Å². The fraction of sp³-hybridized carbons (Fsp3) is 0.286. The van der Waals surface area contributed by atoms with E-state index in [1.807, 2.05) is 17.5 Å². The number of fused-ring (bicyclic) bond motifs is 1. The molecule has 1 unspecified atom stereocenters. The predicted octanol–water partition coefficient (Wildman–Crippen LogP) is 0.226. The van der Waals surface area contributed by atoms with Crippen LogP contribution in [0, 0.1) is 0 Å². The Kier molecular flexibility index (Phi) is 4.22. The molecule has 2 amide bonds. The molecule has 2 N–H and O–H groups in total. The summed E-state index contributed by atoms with van der Waals surface area (Å²) in [5.74, 6) is -2.03. The van der Waals surface area contributed by atoms with Crippen molar-refractivity contribution < 1.29 is 24.3 Å². The van der Waals surface area contributed by atoms with Crippen molar-refractivity contribution in [3.05, 3.63) is 33.4 Å². The van der Waals surface area contributed by atoms with E-state index in [1.165, 1.54) is 16.7 Å². The number of carboxylic acids is 1. The van der Waals surface area contributed by atoms with Crippen molar-refractivity contribution in [1.29, 1.82) is 0 Å². The molecule has 120 valence electrons. The number of hydrogen-bond donors (Lipinski definition) is 2. The number of nitrogens with zero attached hydrogens (tertiary/aromatic N) is 1. The number of β-lactam (4-membered cyclic amide) rings is 1. The van der Waals surface area contributed by atoms with Crippen LogP contribution in [0.1, 0.15) is 4.88 Å². The summed E-state index contributed by atoms with van der Waals surface area (Å²) in [6.45, 7) is 0. The van der Waals surface area contributed by atoms with Crippen molar-refractivity contribution in [3.63, 3.8) is 0 Å². The number of aldehydes is 1. The molecule has 3 rings (SSSR count). The van der Waals surface area contributed by atoms with E-state index in [0.29, 0.717) is 6.29 Å². The molecule has 0 saturated carbocycles. The molecule has 0 spiro atoms. The van der Waals surface area contributed by atoms with Crippen molar-refractivity contribution in [2.75, 3.05) is 0 Å². The van der Waals surface area contributed by atoms with E-state index in [9.17, 15) is 24.3 Å². The van der Waals surface area contributed by atoms with Gasteiger partial charge in [0.1, 0.15) is 17.7 Å². The van der Waals surface area contributed by atoms with Gasteiger partial charge in [-0.15, -0.1) is 23.1 Å². The molecule has 0 aromatic carbocycles. The average Bonchev–Trinajstić information content (AvgIpc) is 3.03. The van der Waals surface area contributed by atoms with Gasteiger partial charge in [0.25, 0.3) is 0 Å². The van der Waals surface area contributed by atoms with Gasteiger partial charge in [0.15, 0.2) is 6.04 Å². The minimum absolute atomic E-state index is 0.0375. The fourth-order valence-corrected chi connectivity index (χ4v) is 4.44. The van der Waals surface area contributed by atoms with Gasteiger partial charge < -0.3 is 15.3 Å². The van der Waals surface area contributed by atoms with Gasteiger partial charge in [0, 0.05) is 10.5 Å². The molecule has 7 nitrogen and oxygen atoms in total. The normalized spacial score (nSPS) is 25.9. The van der Waals surface area contributed by atoms with Crippen molar-refractivity contribution in [1.82, 2.24) is 10.2 Å². The third kappa shape index (κ3) is 2.77. The highest BCUT2D eigenvalue weighted by atomic mass is 32.2. The first kappa shape index (κ1) is 15.8. The first-order valence-corrected chi connectivity index (χ1v) is 8.52. The summed E-state index contributed by atoms with van der Waals surface area (Å²) in [5, 5.41) is 14.7. The quantitative estimate of drug-likeness (QED) is 0.581. The minimum atomic E-state index is -1.28. The number of aliphatic carboxylic acids is 1. The average molecular weight is 352 g/mol. The molecular weight excluding hydrogens is 340 g/mol. The molecule has 3 heterocycles. The van der Waals surface area contributed by atoms with Gasteiger partial charge in [-0.2, -0.15) is 0 Å². The third-order valence-corrected chi connectivity index (χ3v) is 5.68. The van der Waals surface area contributed by atoms with Gasteiger partial charge in [0.2, 0.25) is 11.8 Å². The van der Waals surface area contributed by atoms with Gasteiger partial charge in [-0.25, -0.2) is 4.79 Å². The highest BCUT2D eigenvalue weighted by molar-refractivity contribution is 8.03. The number of amides is 2. The first-order valence-electron chi connectivity index (χ1n) is 6.70. The van der Waals surface area contributed by atoms with E-state index >= 15 is 0 Å². The smallest absolute Gasteiger partial charge is 0.331 e. The Morgan fingerprint density at radius 1 is 1.43 bits per heavy atom. The molecule has 1 saturated heterocycles. The first-order chi connectivity index (χ1) is 11.0. The largest absolute Gasteiger partial charge is 0.479 e. The number of nitrogens with one attached hydrogen (secondary N) is 1. The zero-order chi connectivity index (χ0) is 16.6. The lowest BCUT2D eigenvalue weighted by Gasteiger charge is -2.50. The Labute approximate surface area is 139 Å². The van der Waals surface area contributed by atoms with E-state index < -0.39 is 29.3 Å². The lowest BCUT2D eigenvalue weighted by molar-refractivity contribution is -0.160. The molecule has 0 aliphatic carbocycles. The second-order valence-electron chi connectivity index (χ2n) is 5.05. The second-order valence-corrected chi connectivity index (χ2v) is 7.07. The molecule has 2 aliphatic rings. The lowest BCUT2D eigenvalue weighted by Crippen LogP contribution is -2.74. The number of rotatable bonds is 5. The predicted molar refractivity (Wildman–Crippen MR) is 83.7 cm³/mol. The Hall–Kier alpha value is -2.13. The van der Waals surface area contributed by atoms with E-state index in [-0.39, 0.29) is 17.9 Å². The van der Waals surface area contributed by atoms with E-state index in [2.05, 4.69) is 5.32 Å². The number of thioether (sulfide) groups is 1. The molecule has 9 heteroatoms. The zero-order valence-corrected chi connectivity index (χ0v) is 13.3. The fourth-order valence-electron chi connectivity index (χ4n) is 2.56. The summed E-state index contributed by atoms with van der Waals surface area (Å²) in [6, 6.07) is 1.62. The van der Waals surface area contributed by atoms with Crippen LogP contribution in [0.5, 0.6) is 0 Å². The number of carbonyl (C=O) groups excluding carboxylic acids is 3. The standard InChI is InChI=1S/C14H12N2O5S2/c17-5-7-6-23-13-10(12(19)16(13)11(7)14(20)21)15-9(18)4-8-2-1-3-22-8/h1-3,5-6,10-11,13H,4H2,(H,15,18)(H,20,21)/t10-,11?,13-/m1/s1. The van der Waals surface area contributed by atoms with Crippen LogP contribution in [-0.4, -0.2) is 51.5 Å². The number of hydrogen-bond acceptors (Lipinski definition) is 6. The van der Waals surface area contributed by atoms with E-state index in [1.54, 1.807) is 0 Å². The second kappa shape index (κ2) is 6.17. The summed E-state index contributed by atoms with van der Waals surface area (Å²) in [7, 11) is 0. The van der Waals surface area contributed by atoms with Crippen LogP contribution in [-0.2, 0) is 25.6 Å². The number of carboxylic acid groups (broad SMARTS) is 1. The maximum atomic E-state index is 12.2. The SMILES string of the molecule is O=CC1=CS[C@@H]2[C@H](NC(=O)Cc3cccs3)C(=O)N2C1C(=O)O. The molecule has 1 aromatic heterocycles. The van der Waals surface area contributed by atoms with Gasteiger partial charge in [-0.3, -0.25) is 14.4 Å². The monoisotopic (exact) mass is 352 g/mol. The van der Waals surface area contributed by atoms with Gasteiger partial charge in [0.05, 0.1) is 6.42 Å². The molecule has 1 fully saturated rings. The van der Waals surface area contributed by atoms with Crippen LogP contribution in [0.15, 0.2) is 28.5 Å². The van der Waals surface area contributed by atoms with Crippen LogP contribution >= 0.6 is 23.1 Å². The molecule has 1 aromatic rings. The topological polar surface area (TPSA) is 104 Å². The Morgan fingerprint density at radius 2 is 2.22 bits per heavy atom. The lowest BCUT2D eigenvalue weighted by atomic mass is 9.98. The Morgan fingerprint density at radius 3 is 2.83 bits per heavy atom. The molecule has 0 radical (unpaired) electrons. The van der Waals surface area contributed by atoms with E-state index in [0.717, 1.165) is 21.5 Å². The molecule has 3 atom stereocenters. The number of carbonyl (C=O) groups is 4. The van der Waals surface area contributed by atoms with Crippen LogP contribution in [0.25, 0.3) is 0 Å². The highest BCUT2D eigenvalue weighted by Gasteiger charge is 2.55. The van der Waals surface area contributed by atoms with Crippen LogP contribution in [0.3, 0.4) is 0 Å². The van der Waals surface area contributed by atoms with Gasteiger partial charge in [-0.1, -0.05) is 6.07 Å². The van der Waals surface area contributed by atoms with Crippen molar-refractivity contribution in [3.8, 4) is 0 Å². The number of thiophene rings is 1.